The van der Waals surface area contributed by atoms with Gasteiger partial charge in [0.2, 0.25) is 0 Å². The molecule has 34 heavy (non-hydrogen) atoms. The molecule has 0 aliphatic carbocycles. The van der Waals surface area contributed by atoms with E-state index in [2.05, 4.69) is 0 Å². The number of nitriles is 1. The predicted molar refractivity (Wildman–Crippen MR) is 137 cm³/mol. The fourth-order valence-electron chi connectivity index (χ4n) is 4.08. The van der Waals surface area contributed by atoms with E-state index < -0.39 is 5.56 Å². The van der Waals surface area contributed by atoms with E-state index in [0.717, 1.165) is 6.42 Å². The highest BCUT2D eigenvalue weighted by molar-refractivity contribution is 8.26. The van der Waals surface area contributed by atoms with Crippen molar-refractivity contribution in [2.24, 2.45) is 7.05 Å². The number of ether oxygens (including phenoxy) is 1. The number of carbonyl (C=O) groups excluding carboxylic acids is 2. The molecule has 1 aromatic heterocycles. The monoisotopic (exact) mass is 503 g/mol. The van der Waals surface area contributed by atoms with Crippen LogP contribution in [0.4, 0.5) is 10.6 Å². The van der Waals surface area contributed by atoms with E-state index in [1.165, 1.54) is 16.3 Å². The zero-order chi connectivity index (χ0) is 25.2. The maximum atomic E-state index is 13.1. The summed E-state index contributed by atoms with van der Waals surface area (Å²) in [5.74, 6) is 0.438. The van der Waals surface area contributed by atoms with Crippen LogP contribution in [0, 0.1) is 18.3 Å². The molecule has 0 spiro atoms. The molecule has 9 nitrogen and oxygen atoms in total. The fraction of sp³-hybridized carbons (Fsp3) is 0.522. The minimum Gasteiger partial charge on any atom is -0.450 e. The number of hydrogen-bond acceptors (Lipinski definition) is 8. The predicted octanol–water partition coefficient (Wildman–Crippen LogP) is 2.84. The highest BCUT2D eigenvalue weighted by atomic mass is 32.2. The van der Waals surface area contributed by atoms with Crippen LogP contribution in [0.15, 0.2) is 9.70 Å². The SMILES string of the molecule is CCOC(=O)N1CCN(c2c(/C=C3\SC(=S)N(C(C)CC)C3=O)c(C)c(C#N)c(=O)n2C)CC1. The molecule has 3 heterocycles. The summed E-state index contributed by atoms with van der Waals surface area (Å²) in [5.41, 5.74) is 0.794. The maximum absolute atomic E-state index is 13.1. The van der Waals surface area contributed by atoms with Crippen LogP contribution in [0.25, 0.3) is 6.08 Å². The van der Waals surface area contributed by atoms with Crippen molar-refractivity contribution in [1.82, 2.24) is 14.4 Å². The van der Waals surface area contributed by atoms with E-state index >= 15 is 0 Å². The normalized spacial score (nSPS) is 18.5. The molecule has 1 unspecified atom stereocenters. The van der Waals surface area contributed by atoms with Gasteiger partial charge in [0.15, 0.2) is 0 Å². The highest BCUT2D eigenvalue weighted by Gasteiger charge is 2.36. The number of anilines is 1. The standard InChI is InChI=1S/C23H29N5O4S2/c1-6-14(3)28-21(30)18(34-23(28)33)12-16-15(4)17(13-24)20(29)25(5)19(16)26-8-10-27(11-9-26)22(31)32-7-2/h12,14H,6-11H2,1-5H3/b18-12-. The average molecular weight is 504 g/mol. The molecule has 0 saturated carbocycles. The zero-order valence-electron chi connectivity index (χ0n) is 20.1. The van der Waals surface area contributed by atoms with E-state index in [-0.39, 0.29) is 23.6 Å². The summed E-state index contributed by atoms with van der Waals surface area (Å²) in [6, 6.07) is 1.99. The van der Waals surface area contributed by atoms with Crippen LogP contribution in [-0.4, -0.2) is 69.5 Å². The van der Waals surface area contributed by atoms with Crippen LogP contribution >= 0.6 is 24.0 Å². The highest BCUT2D eigenvalue weighted by Crippen LogP contribution is 2.37. The molecule has 1 atom stereocenters. The van der Waals surface area contributed by atoms with E-state index in [0.29, 0.717) is 59.0 Å². The third-order valence-corrected chi connectivity index (χ3v) is 7.53. The van der Waals surface area contributed by atoms with Crippen molar-refractivity contribution in [3.63, 3.8) is 0 Å². The molecule has 0 aromatic carbocycles. The zero-order valence-corrected chi connectivity index (χ0v) is 21.7. The first-order valence-electron chi connectivity index (χ1n) is 11.2. The number of carbonyl (C=O) groups is 2. The first-order valence-corrected chi connectivity index (χ1v) is 12.5. The van der Waals surface area contributed by atoms with Crippen LogP contribution in [-0.2, 0) is 16.6 Å². The molecule has 0 radical (unpaired) electrons. The first-order chi connectivity index (χ1) is 16.2. The summed E-state index contributed by atoms with van der Waals surface area (Å²) >= 11 is 6.69. The molecular weight excluding hydrogens is 474 g/mol. The lowest BCUT2D eigenvalue weighted by molar-refractivity contribution is -0.123. The van der Waals surface area contributed by atoms with E-state index in [1.54, 1.807) is 36.8 Å². The molecule has 2 saturated heterocycles. The van der Waals surface area contributed by atoms with Gasteiger partial charge in [-0.3, -0.25) is 19.1 Å². The Kier molecular flexibility index (Phi) is 8.05. The molecule has 1 aromatic rings. The number of pyridine rings is 1. The van der Waals surface area contributed by atoms with Gasteiger partial charge < -0.3 is 14.5 Å². The number of thioether (sulfide) groups is 1. The van der Waals surface area contributed by atoms with Crippen LogP contribution < -0.4 is 10.5 Å². The minimum absolute atomic E-state index is 0.0234. The lowest BCUT2D eigenvalue weighted by Crippen LogP contribution is -2.50. The van der Waals surface area contributed by atoms with Gasteiger partial charge in [-0.05, 0) is 38.8 Å². The van der Waals surface area contributed by atoms with Crippen LogP contribution in [0.5, 0.6) is 0 Å². The van der Waals surface area contributed by atoms with Crippen molar-refractivity contribution < 1.29 is 14.3 Å². The molecule has 11 heteroatoms. The smallest absolute Gasteiger partial charge is 0.409 e. The van der Waals surface area contributed by atoms with Crippen LogP contribution in [0.2, 0.25) is 0 Å². The lowest BCUT2D eigenvalue weighted by atomic mass is 10.0. The molecule has 2 aliphatic rings. The van der Waals surface area contributed by atoms with Crippen molar-refractivity contribution in [2.75, 3.05) is 37.7 Å². The van der Waals surface area contributed by atoms with Gasteiger partial charge in [-0.2, -0.15) is 5.26 Å². The van der Waals surface area contributed by atoms with Crippen molar-refractivity contribution in [3.8, 4) is 6.07 Å². The number of hydrogen-bond donors (Lipinski definition) is 0. The number of rotatable bonds is 5. The molecule has 2 aliphatic heterocycles. The molecule has 0 bridgehead atoms. The summed E-state index contributed by atoms with van der Waals surface area (Å²) in [6.07, 6.45) is 2.15. The average Bonchev–Trinajstić information content (AvgIpc) is 3.10. The quantitative estimate of drug-likeness (QED) is 0.447. The molecule has 2 fully saturated rings. The van der Waals surface area contributed by atoms with Gasteiger partial charge in [0.05, 0.1) is 11.5 Å². The third kappa shape index (κ3) is 4.70. The molecule has 182 valence electrons. The summed E-state index contributed by atoms with van der Waals surface area (Å²) in [6.45, 7) is 9.56. The van der Waals surface area contributed by atoms with Crippen LogP contribution in [0.1, 0.15) is 43.9 Å². The van der Waals surface area contributed by atoms with Crippen molar-refractivity contribution in [2.45, 2.75) is 40.2 Å². The Morgan fingerprint density at radius 1 is 1.26 bits per heavy atom. The van der Waals surface area contributed by atoms with Gasteiger partial charge in [0, 0.05) is 44.8 Å². The van der Waals surface area contributed by atoms with Crippen molar-refractivity contribution in [1.29, 1.82) is 5.26 Å². The number of amides is 2. The Balaban J connectivity index is 2.06. The first kappa shape index (κ1) is 25.8. The van der Waals surface area contributed by atoms with Gasteiger partial charge in [-0.15, -0.1) is 0 Å². The van der Waals surface area contributed by atoms with E-state index in [9.17, 15) is 19.6 Å². The third-order valence-electron chi connectivity index (χ3n) is 6.20. The van der Waals surface area contributed by atoms with E-state index in [4.69, 9.17) is 17.0 Å². The van der Waals surface area contributed by atoms with Crippen molar-refractivity contribution in [3.05, 3.63) is 31.9 Å². The second-order valence-corrected chi connectivity index (χ2v) is 9.87. The number of piperazine rings is 1. The maximum Gasteiger partial charge on any atom is 0.409 e. The molecule has 3 rings (SSSR count). The number of aromatic nitrogens is 1. The fourth-order valence-corrected chi connectivity index (χ4v) is 5.53. The largest absolute Gasteiger partial charge is 0.450 e. The second kappa shape index (κ2) is 10.6. The molecule has 0 N–H and O–H groups in total. The van der Waals surface area contributed by atoms with E-state index in [1.807, 2.05) is 24.8 Å². The molecular formula is C23H29N5O4S2. The Morgan fingerprint density at radius 2 is 1.91 bits per heavy atom. The van der Waals surface area contributed by atoms with Gasteiger partial charge in [0.25, 0.3) is 11.5 Å². The van der Waals surface area contributed by atoms with Gasteiger partial charge in [-0.25, -0.2) is 4.79 Å². The summed E-state index contributed by atoms with van der Waals surface area (Å²) in [4.78, 5) is 43.9. The Hall–Kier alpha value is -2.84. The summed E-state index contributed by atoms with van der Waals surface area (Å²) < 4.78 is 7.05. The minimum atomic E-state index is -0.396. The molecule has 2 amide bonds. The van der Waals surface area contributed by atoms with Crippen LogP contribution in [0.3, 0.4) is 0 Å². The second-order valence-electron chi connectivity index (χ2n) is 8.20. The lowest BCUT2D eigenvalue weighted by Gasteiger charge is -2.37. The number of nitrogens with zero attached hydrogens (tertiary/aromatic N) is 5. The van der Waals surface area contributed by atoms with Crippen molar-refractivity contribution >= 4 is 52.2 Å². The van der Waals surface area contributed by atoms with Gasteiger partial charge in [-0.1, -0.05) is 30.9 Å². The number of thiocarbonyl (C=S) groups is 1. The Morgan fingerprint density at radius 3 is 2.47 bits per heavy atom. The topological polar surface area (TPSA) is 98.9 Å². The van der Waals surface area contributed by atoms with Gasteiger partial charge in [0.1, 0.15) is 21.8 Å². The van der Waals surface area contributed by atoms with Gasteiger partial charge >= 0.3 is 6.09 Å². The Labute approximate surface area is 208 Å². The summed E-state index contributed by atoms with van der Waals surface area (Å²) in [5, 5.41) is 9.64. The summed E-state index contributed by atoms with van der Waals surface area (Å²) in [7, 11) is 1.62. The Bertz CT molecular complexity index is 1150.